The average molecular weight is 414 g/mol. The number of tetrazole rings is 1. The summed E-state index contributed by atoms with van der Waals surface area (Å²) in [5.74, 6) is 0.819. The number of para-hydroxylation sites is 3. The fraction of sp³-hybridized carbons (Fsp3) is 0.227. The molecule has 0 bridgehead atoms. The Hall–Kier alpha value is -4.01. The monoisotopic (exact) mass is 414 g/mol. The summed E-state index contributed by atoms with van der Waals surface area (Å²) in [6, 6.07) is 21.4. The van der Waals surface area contributed by atoms with Crippen LogP contribution < -0.4 is 15.5 Å². The fourth-order valence-electron chi connectivity index (χ4n) is 3.79. The Morgan fingerprint density at radius 2 is 1.65 bits per heavy atom. The zero-order chi connectivity index (χ0) is 21.0. The van der Waals surface area contributed by atoms with Gasteiger partial charge in [-0.25, -0.2) is 0 Å². The summed E-state index contributed by atoms with van der Waals surface area (Å²) in [6.07, 6.45) is 1.52. The van der Waals surface area contributed by atoms with E-state index in [1.807, 2.05) is 66.7 Å². The molecular weight excluding hydrogens is 392 g/mol. The molecule has 156 valence electrons. The standard InChI is InChI=1S/C22H22N8O/c31-22(24-19-9-5-4-8-18(19)23-17-6-2-1-3-7-17)16-12-14-29(15-13-16)21-11-10-20-25-27-28-30(20)26-21/h1-11,16,23H,12-15H2,(H,24,31). The minimum absolute atomic E-state index is 0.0437. The Kier molecular flexibility index (Phi) is 5.14. The predicted octanol–water partition coefficient (Wildman–Crippen LogP) is 3.12. The molecule has 0 saturated carbocycles. The van der Waals surface area contributed by atoms with Crippen LogP contribution in [0.15, 0.2) is 66.7 Å². The van der Waals surface area contributed by atoms with Crippen LogP contribution in [-0.4, -0.2) is 44.3 Å². The number of fused-ring (bicyclic) bond motifs is 1. The van der Waals surface area contributed by atoms with Gasteiger partial charge in [0.05, 0.1) is 11.4 Å². The molecule has 0 aliphatic carbocycles. The minimum Gasteiger partial charge on any atom is -0.355 e. The van der Waals surface area contributed by atoms with Crippen LogP contribution in [-0.2, 0) is 4.79 Å². The molecule has 2 N–H and O–H groups in total. The van der Waals surface area contributed by atoms with E-state index in [0.717, 1.165) is 48.8 Å². The second kappa shape index (κ2) is 8.39. The summed E-state index contributed by atoms with van der Waals surface area (Å²) in [7, 11) is 0. The van der Waals surface area contributed by atoms with Crippen LogP contribution in [0.25, 0.3) is 5.65 Å². The molecule has 0 unspecified atom stereocenters. The number of amides is 1. The van der Waals surface area contributed by atoms with E-state index in [9.17, 15) is 4.79 Å². The van der Waals surface area contributed by atoms with E-state index >= 15 is 0 Å². The van der Waals surface area contributed by atoms with Crippen molar-refractivity contribution in [3.8, 4) is 0 Å². The number of piperidine rings is 1. The van der Waals surface area contributed by atoms with E-state index < -0.39 is 0 Å². The smallest absolute Gasteiger partial charge is 0.227 e. The number of hydrogen-bond acceptors (Lipinski definition) is 7. The van der Waals surface area contributed by atoms with Crippen molar-refractivity contribution in [2.24, 2.45) is 5.92 Å². The molecule has 9 nitrogen and oxygen atoms in total. The molecule has 4 aromatic rings. The molecule has 31 heavy (non-hydrogen) atoms. The lowest BCUT2D eigenvalue weighted by Gasteiger charge is -2.32. The van der Waals surface area contributed by atoms with Crippen molar-refractivity contribution in [1.82, 2.24) is 25.3 Å². The number of benzene rings is 2. The van der Waals surface area contributed by atoms with Gasteiger partial charge >= 0.3 is 0 Å². The third-order valence-corrected chi connectivity index (χ3v) is 5.48. The van der Waals surface area contributed by atoms with Crippen LogP contribution in [0, 0.1) is 5.92 Å². The predicted molar refractivity (Wildman–Crippen MR) is 118 cm³/mol. The van der Waals surface area contributed by atoms with Crippen molar-refractivity contribution in [2.45, 2.75) is 12.8 Å². The molecule has 0 radical (unpaired) electrons. The zero-order valence-electron chi connectivity index (χ0n) is 16.8. The van der Waals surface area contributed by atoms with Crippen LogP contribution in [0.4, 0.5) is 22.9 Å². The van der Waals surface area contributed by atoms with Gasteiger partial charge in [0.1, 0.15) is 0 Å². The van der Waals surface area contributed by atoms with Crippen LogP contribution in [0.3, 0.4) is 0 Å². The first-order valence-electron chi connectivity index (χ1n) is 10.3. The van der Waals surface area contributed by atoms with E-state index in [4.69, 9.17) is 0 Å². The number of hydrogen-bond donors (Lipinski definition) is 2. The Morgan fingerprint density at radius 3 is 2.45 bits per heavy atom. The van der Waals surface area contributed by atoms with Gasteiger partial charge in [-0.3, -0.25) is 4.79 Å². The zero-order valence-corrected chi connectivity index (χ0v) is 16.8. The molecule has 1 amide bonds. The third kappa shape index (κ3) is 4.16. The quantitative estimate of drug-likeness (QED) is 0.517. The second-order valence-corrected chi connectivity index (χ2v) is 7.51. The Bertz CT molecular complexity index is 1180. The van der Waals surface area contributed by atoms with Gasteiger partial charge in [0.15, 0.2) is 11.5 Å². The summed E-state index contributed by atoms with van der Waals surface area (Å²) in [6.45, 7) is 1.51. The van der Waals surface area contributed by atoms with Crippen molar-refractivity contribution in [2.75, 3.05) is 28.6 Å². The van der Waals surface area contributed by atoms with Crippen molar-refractivity contribution < 1.29 is 4.79 Å². The van der Waals surface area contributed by atoms with Gasteiger partial charge in [0.2, 0.25) is 5.91 Å². The number of rotatable bonds is 5. The lowest BCUT2D eigenvalue weighted by Crippen LogP contribution is -2.38. The molecular formula is C22H22N8O. The SMILES string of the molecule is O=C(Nc1ccccc1Nc1ccccc1)C1CCN(c2ccc3nnnn3n2)CC1. The fourth-order valence-corrected chi connectivity index (χ4v) is 3.79. The van der Waals surface area contributed by atoms with E-state index in [1.165, 1.54) is 4.63 Å². The first-order chi connectivity index (χ1) is 15.3. The molecule has 3 heterocycles. The minimum atomic E-state index is -0.0437. The summed E-state index contributed by atoms with van der Waals surface area (Å²) in [5.41, 5.74) is 3.24. The summed E-state index contributed by atoms with van der Waals surface area (Å²) >= 11 is 0. The molecule has 2 aromatic carbocycles. The first kappa shape index (κ1) is 19.0. The van der Waals surface area contributed by atoms with Crippen molar-refractivity contribution in [3.63, 3.8) is 0 Å². The van der Waals surface area contributed by atoms with E-state index in [0.29, 0.717) is 5.65 Å². The Balaban J connectivity index is 1.22. The van der Waals surface area contributed by atoms with Gasteiger partial charge in [-0.2, -0.15) is 0 Å². The maximum atomic E-state index is 13.0. The molecule has 2 aromatic heterocycles. The van der Waals surface area contributed by atoms with Crippen LogP contribution >= 0.6 is 0 Å². The number of nitrogens with one attached hydrogen (secondary N) is 2. The highest BCUT2D eigenvalue weighted by Crippen LogP contribution is 2.28. The molecule has 0 atom stereocenters. The van der Waals surface area contributed by atoms with Crippen LogP contribution in [0.2, 0.25) is 0 Å². The maximum absolute atomic E-state index is 13.0. The number of carbonyl (C=O) groups is 1. The lowest BCUT2D eigenvalue weighted by molar-refractivity contribution is -0.120. The van der Waals surface area contributed by atoms with Gasteiger partial charge < -0.3 is 15.5 Å². The average Bonchev–Trinajstić information content (AvgIpc) is 3.29. The molecule has 1 saturated heterocycles. The third-order valence-electron chi connectivity index (χ3n) is 5.48. The van der Waals surface area contributed by atoms with E-state index in [2.05, 4.69) is 36.2 Å². The molecule has 9 heteroatoms. The number of anilines is 4. The first-order valence-corrected chi connectivity index (χ1v) is 10.3. The second-order valence-electron chi connectivity index (χ2n) is 7.51. The maximum Gasteiger partial charge on any atom is 0.227 e. The lowest BCUT2D eigenvalue weighted by atomic mass is 9.95. The van der Waals surface area contributed by atoms with Crippen molar-refractivity contribution >= 4 is 34.4 Å². The number of aromatic nitrogens is 5. The van der Waals surface area contributed by atoms with Gasteiger partial charge in [-0.15, -0.1) is 14.8 Å². The van der Waals surface area contributed by atoms with Crippen molar-refractivity contribution in [1.29, 1.82) is 0 Å². The highest BCUT2D eigenvalue weighted by Gasteiger charge is 2.26. The van der Waals surface area contributed by atoms with Crippen molar-refractivity contribution in [3.05, 3.63) is 66.7 Å². The largest absolute Gasteiger partial charge is 0.355 e. The molecule has 1 aliphatic heterocycles. The molecule has 0 spiro atoms. The normalized spacial score (nSPS) is 14.5. The molecule has 1 fully saturated rings. The molecule has 5 rings (SSSR count). The van der Waals surface area contributed by atoms with Gasteiger partial charge in [0.25, 0.3) is 0 Å². The summed E-state index contributed by atoms with van der Waals surface area (Å²) in [5, 5.41) is 22.3. The number of nitrogens with zero attached hydrogens (tertiary/aromatic N) is 6. The van der Waals surface area contributed by atoms with Gasteiger partial charge in [-0.05, 0) is 59.7 Å². The van der Waals surface area contributed by atoms with Crippen LogP contribution in [0.1, 0.15) is 12.8 Å². The highest BCUT2D eigenvalue weighted by atomic mass is 16.1. The van der Waals surface area contributed by atoms with Gasteiger partial charge in [-0.1, -0.05) is 30.3 Å². The van der Waals surface area contributed by atoms with Gasteiger partial charge in [0, 0.05) is 24.7 Å². The van der Waals surface area contributed by atoms with Crippen LogP contribution in [0.5, 0.6) is 0 Å². The highest BCUT2D eigenvalue weighted by molar-refractivity contribution is 5.96. The van der Waals surface area contributed by atoms with E-state index in [-0.39, 0.29) is 11.8 Å². The summed E-state index contributed by atoms with van der Waals surface area (Å²) < 4.78 is 1.42. The molecule has 1 aliphatic rings. The summed E-state index contributed by atoms with van der Waals surface area (Å²) in [4.78, 5) is 15.1. The topological polar surface area (TPSA) is 100 Å². The number of carbonyl (C=O) groups excluding carboxylic acids is 1. The van der Waals surface area contributed by atoms with E-state index in [1.54, 1.807) is 0 Å². The Morgan fingerprint density at radius 1 is 0.903 bits per heavy atom. The Labute approximate surface area is 179 Å².